The molecule has 0 aliphatic heterocycles. The summed E-state index contributed by atoms with van der Waals surface area (Å²) in [6, 6.07) is 6.76. The summed E-state index contributed by atoms with van der Waals surface area (Å²) in [6.45, 7) is 0. The van der Waals surface area contributed by atoms with Gasteiger partial charge in [-0.25, -0.2) is 4.79 Å². The summed E-state index contributed by atoms with van der Waals surface area (Å²) in [5.74, 6) is 5.14. The number of rotatable bonds is 3. The van der Waals surface area contributed by atoms with Crippen molar-refractivity contribution in [1.82, 2.24) is 0 Å². The lowest BCUT2D eigenvalue weighted by Gasteiger charge is -2.10. The van der Waals surface area contributed by atoms with Crippen LogP contribution in [0.1, 0.15) is 10.4 Å². The predicted molar refractivity (Wildman–Crippen MR) is 71.7 cm³/mol. The Balaban J connectivity index is 2.70. The van der Waals surface area contributed by atoms with Gasteiger partial charge in [0.2, 0.25) is 0 Å². The van der Waals surface area contributed by atoms with E-state index >= 15 is 0 Å². The van der Waals surface area contributed by atoms with Crippen LogP contribution in [0.3, 0.4) is 0 Å². The van der Waals surface area contributed by atoms with Gasteiger partial charge in [-0.1, -0.05) is 11.6 Å². The van der Waals surface area contributed by atoms with Crippen molar-refractivity contribution in [3.8, 4) is 11.5 Å². The molecule has 100 valence electrons. The summed E-state index contributed by atoms with van der Waals surface area (Å²) < 4.78 is 10.3. The van der Waals surface area contributed by atoms with Crippen molar-refractivity contribution in [3.63, 3.8) is 0 Å². The molecule has 0 fully saturated rings. The van der Waals surface area contributed by atoms with Crippen LogP contribution in [0.5, 0.6) is 11.5 Å². The molecule has 2 rings (SSSR count). The SMILES string of the molecule is COc1cc2cc(OC)c(C(=O)ON)cc2cc1Cl. The fourth-order valence-corrected chi connectivity index (χ4v) is 2.08. The van der Waals surface area contributed by atoms with E-state index < -0.39 is 5.97 Å². The van der Waals surface area contributed by atoms with Crippen LogP contribution in [-0.2, 0) is 4.84 Å². The van der Waals surface area contributed by atoms with Crippen molar-refractivity contribution in [2.24, 2.45) is 5.90 Å². The second-order valence-corrected chi connectivity index (χ2v) is 4.20. The standard InChI is InChI=1S/C13H12ClNO4/c1-17-11-5-8-6-12(18-2)10(14)4-7(8)3-9(11)13(16)19-15/h3-6H,15H2,1-2H3. The Morgan fingerprint density at radius 1 is 1.05 bits per heavy atom. The van der Waals surface area contributed by atoms with Crippen LogP contribution in [0.15, 0.2) is 24.3 Å². The summed E-state index contributed by atoms with van der Waals surface area (Å²) in [5, 5.41) is 2.03. The molecule has 0 aliphatic rings. The highest BCUT2D eigenvalue weighted by Gasteiger charge is 2.15. The lowest BCUT2D eigenvalue weighted by atomic mass is 10.1. The molecule has 0 radical (unpaired) electrons. The number of nitrogens with two attached hydrogens (primary N) is 1. The van der Waals surface area contributed by atoms with E-state index in [0.717, 1.165) is 10.8 Å². The number of hydrogen-bond donors (Lipinski definition) is 1. The second-order valence-electron chi connectivity index (χ2n) is 3.79. The number of fused-ring (bicyclic) bond motifs is 1. The summed E-state index contributed by atoms with van der Waals surface area (Å²) >= 11 is 6.05. The van der Waals surface area contributed by atoms with Gasteiger partial charge in [0.15, 0.2) is 0 Å². The summed E-state index contributed by atoms with van der Waals surface area (Å²) in [4.78, 5) is 15.8. The lowest BCUT2D eigenvalue weighted by molar-refractivity contribution is 0.0500. The number of methoxy groups -OCH3 is 2. The number of carbonyl (C=O) groups is 1. The summed E-state index contributed by atoms with van der Waals surface area (Å²) in [7, 11) is 2.99. The minimum atomic E-state index is -0.675. The monoisotopic (exact) mass is 281 g/mol. The molecule has 0 atom stereocenters. The van der Waals surface area contributed by atoms with Gasteiger partial charge in [0.25, 0.3) is 0 Å². The molecular formula is C13H12ClNO4. The van der Waals surface area contributed by atoms with Crippen LogP contribution in [0.2, 0.25) is 5.02 Å². The first-order valence-electron chi connectivity index (χ1n) is 5.37. The van der Waals surface area contributed by atoms with Gasteiger partial charge in [-0.05, 0) is 35.0 Å². The molecule has 6 heteroatoms. The molecule has 0 amide bonds. The molecule has 0 heterocycles. The smallest absolute Gasteiger partial charge is 0.360 e. The Morgan fingerprint density at radius 2 is 1.63 bits per heavy atom. The molecule has 0 bridgehead atoms. The molecular weight excluding hydrogens is 270 g/mol. The largest absolute Gasteiger partial charge is 0.496 e. The minimum absolute atomic E-state index is 0.235. The maximum absolute atomic E-state index is 11.6. The minimum Gasteiger partial charge on any atom is -0.496 e. The third-order valence-corrected chi connectivity index (χ3v) is 3.05. The van der Waals surface area contributed by atoms with Gasteiger partial charge in [0.05, 0.1) is 19.2 Å². The number of ether oxygens (including phenoxy) is 2. The number of benzene rings is 2. The molecule has 2 N–H and O–H groups in total. The highest BCUT2D eigenvalue weighted by molar-refractivity contribution is 6.33. The van der Waals surface area contributed by atoms with E-state index in [9.17, 15) is 4.79 Å². The number of hydrogen-bond acceptors (Lipinski definition) is 5. The van der Waals surface area contributed by atoms with Crippen LogP contribution in [0, 0.1) is 0 Å². The molecule has 0 saturated carbocycles. The topological polar surface area (TPSA) is 70.8 Å². The molecule has 5 nitrogen and oxygen atoms in total. The zero-order chi connectivity index (χ0) is 14.0. The Kier molecular flexibility index (Phi) is 3.78. The third-order valence-electron chi connectivity index (χ3n) is 2.76. The van der Waals surface area contributed by atoms with Crippen molar-refractivity contribution >= 4 is 28.3 Å². The first kappa shape index (κ1) is 13.5. The molecule has 19 heavy (non-hydrogen) atoms. The van der Waals surface area contributed by atoms with E-state index in [-0.39, 0.29) is 5.56 Å². The summed E-state index contributed by atoms with van der Waals surface area (Å²) in [5.41, 5.74) is 0.235. The van der Waals surface area contributed by atoms with Crippen LogP contribution >= 0.6 is 11.6 Å². The maximum Gasteiger partial charge on any atom is 0.360 e. The van der Waals surface area contributed by atoms with E-state index in [4.69, 9.17) is 27.0 Å². The molecule has 2 aromatic carbocycles. The fraction of sp³-hybridized carbons (Fsp3) is 0.154. The maximum atomic E-state index is 11.6. The Labute approximate surface area is 114 Å². The van der Waals surface area contributed by atoms with Gasteiger partial charge >= 0.3 is 5.97 Å². The molecule has 0 unspecified atom stereocenters. The molecule has 0 aliphatic carbocycles. The molecule has 0 spiro atoms. The van der Waals surface area contributed by atoms with Gasteiger partial charge in [-0.3, -0.25) is 0 Å². The van der Waals surface area contributed by atoms with Crippen molar-refractivity contribution in [2.45, 2.75) is 0 Å². The summed E-state index contributed by atoms with van der Waals surface area (Å²) in [6.07, 6.45) is 0. The normalized spacial score (nSPS) is 10.3. The van der Waals surface area contributed by atoms with E-state index in [1.807, 2.05) is 0 Å². The van der Waals surface area contributed by atoms with Gasteiger partial charge in [0, 0.05) is 0 Å². The zero-order valence-corrected chi connectivity index (χ0v) is 11.2. The predicted octanol–water partition coefficient (Wildman–Crippen LogP) is 2.54. The van der Waals surface area contributed by atoms with Gasteiger partial charge in [-0.15, -0.1) is 0 Å². The first-order valence-corrected chi connectivity index (χ1v) is 5.75. The Bertz CT molecular complexity index is 642. The van der Waals surface area contributed by atoms with Gasteiger partial charge < -0.3 is 14.3 Å². The number of halogens is 1. The van der Waals surface area contributed by atoms with Crippen molar-refractivity contribution in [2.75, 3.05) is 14.2 Å². The average Bonchev–Trinajstić information content (AvgIpc) is 2.44. The first-order chi connectivity index (χ1) is 9.10. The van der Waals surface area contributed by atoms with Crippen LogP contribution in [-0.4, -0.2) is 20.2 Å². The molecule has 0 aromatic heterocycles. The van der Waals surface area contributed by atoms with Gasteiger partial charge in [-0.2, -0.15) is 5.90 Å². The second kappa shape index (κ2) is 5.34. The van der Waals surface area contributed by atoms with Gasteiger partial charge in [0.1, 0.15) is 17.1 Å². The lowest BCUT2D eigenvalue weighted by Crippen LogP contribution is -2.11. The number of carbonyl (C=O) groups excluding carboxylic acids is 1. The highest BCUT2D eigenvalue weighted by atomic mass is 35.5. The Hall–Kier alpha value is -1.98. The van der Waals surface area contributed by atoms with Crippen LogP contribution in [0.25, 0.3) is 10.8 Å². The van der Waals surface area contributed by atoms with E-state index in [1.54, 1.807) is 24.3 Å². The van der Waals surface area contributed by atoms with Crippen molar-refractivity contribution < 1.29 is 19.1 Å². The quantitative estimate of drug-likeness (QED) is 0.876. The zero-order valence-electron chi connectivity index (χ0n) is 10.4. The fourth-order valence-electron chi connectivity index (χ4n) is 1.83. The molecule has 2 aromatic rings. The van der Waals surface area contributed by atoms with Crippen molar-refractivity contribution in [1.29, 1.82) is 0 Å². The van der Waals surface area contributed by atoms with E-state index in [2.05, 4.69) is 4.84 Å². The van der Waals surface area contributed by atoms with E-state index in [1.165, 1.54) is 14.2 Å². The van der Waals surface area contributed by atoms with Crippen molar-refractivity contribution in [3.05, 3.63) is 34.9 Å². The average molecular weight is 282 g/mol. The van der Waals surface area contributed by atoms with Crippen LogP contribution in [0.4, 0.5) is 0 Å². The molecule has 0 saturated heterocycles. The highest BCUT2D eigenvalue weighted by Crippen LogP contribution is 2.33. The van der Waals surface area contributed by atoms with Crippen LogP contribution < -0.4 is 15.4 Å². The third kappa shape index (κ3) is 2.43. The Morgan fingerprint density at radius 3 is 2.21 bits per heavy atom. The van der Waals surface area contributed by atoms with E-state index in [0.29, 0.717) is 16.5 Å².